The van der Waals surface area contributed by atoms with Gasteiger partial charge in [0.15, 0.2) is 0 Å². The van der Waals surface area contributed by atoms with Crippen LogP contribution >= 0.6 is 0 Å². The molecule has 0 saturated carbocycles. The average Bonchev–Trinajstić information content (AvgIpc) is 2.58. The van der Waals surface area contributed by atoms with Crippen molar-refractivity contribution in [2.24, 2.45) is 12.8 Å². The van der Waals surface area contributed by atoms with Crippen molar-refractivity contribution in [2.75, 3.05) is 0 Å². The van der Waals surface area contributed by atoms with Crippen LogP contribution in [0.1, 0.15) is 31.4 Å². The van der Waals surface area contributed by atoms with E-state index in [0.717, 1.165) is 12.8 Å². The molecule has 1 aromatic carbocycles. The fraction of sp³-hybridized carbons (Fsp3) is 0.385. The van der Waals surface area contributed by atoms with Crippen LogP contribution in [0.2, 0.25) is 0 Å². The summed E-state index contributed by atoms with van der Waals surface area (Å²) < 4.78 is 2.15. The molecule has 80 valence electrons. The fourth-order valence-electron chi connectivity index (χ4n) is 2.14. The molecular weight excluding hydrogens is 184 g/mol. The number of aryl methyl sites for hydroxylation is 1. The highest BCUT2D eigenvalue weighted by atomic mass is 14.9. The molecule has 0 fully saturated rings. The Morgan fingerprint density at radius 2 is 2.07 bits per heavy atom. The van der Waals surface area contributed by atoms with Crippen molar-refractivity contribution >= 4 is 10.9 Å². The van der Waals surface area contributed by atoms with Gasteiger partial charge in [-0.15, -0.1) is 0 Å². The van der Waals surface area contributed by atoms with Crippen LogP contribution in [0.25, 0.3) is 10.9 Å². The Hall–Kier alpha value is -1.28. The van der Waals surface area contributed by atoms with E-state index < -0.39 is 0 Å². The number of benzene rings is 1. The van der Waals surface area contributed by atoms with Gasteiger partial charge in [0.2, 0.25) is 0 Å². The second-order valence-corrected chi connectivity index (χ2v) is 4.11. The van der Waals surface area contributed by atoms with Gasteiger partial charge in [-0.2, -0.15) is 0 Å². The minimum Gasteiger partial charge on any atom is -0.350 e. The zero-order valence-corrected chi connectivity index (χ0v) is 9.40. The van der Waals surface area contributed by atoms with Crippen molar-refractivity contribution in [2.45, 2.75) is 25.8 Å². The predicted molar refractivity (Wildman–Crippen MR) is 64.8 cm³/mol. The number of fused-ring (bicyclic) bond motifs is 1. The van der Waals surface area contributed by atoms with E-state index in [9.17, 15) is 0 Å². The van der Waals surface area contributed by atoms with Crippen LogP contribution in [0.4, 0.5) is 0 Å². The second-order valence-electron chi connectivity index (χ2n) is 4.11. The van der Waals surface area contributed by atoms with E-state index in [2.05, 4.69) is 49.0 Å². The summed E-state index contributed by atoms with van der Waals surface area (Å²) in [7, 11) is 2.07. The maximum absolute atomic E-state index is 6.17. The van der Waals surface area contributed by atoms with Gasteiger partial charge in [0.25, 0.3) is 0 Å². The highest BCUT2D eigenvalue weighted by Gasteiger charge is 2.11. The van der Waals surface area contributed by atoms with E-state index in [4.69, 9.17) is 5.73 Å². The monoisotopic (exact) mass is 202 g/mol. The Morgan fingerprint density at radius 3 is 2.80 bits per heavy atom. The van der Waals surface area contributed by atoms with Crippen LogP contribution in [-0.2, 0) is 7.05 Å². The third kappa shape index (κ3) is 1.77. The van der Waals surface area contributed by atoms with E-state index in [0.29, 0.717) is 0 Å². The Kier molecular flexibility index (Phi) is 2.78. The van der Waals surface area contributed by atoms with Crippen molar-refractivity contribution in [1.82, 2.24) is 4.57 Å². The van der Waals surface area contributed by atoms with Crippen LogP contribution in [0, 0.1) is 0 Å². The number of aromatic nitrogens is 1. The Labute approximate surface area is 90.7 Å². The molecule has 0 amide bonds. The first-order chi connectivity index (χ1) is 7.24. The van der Waals surface area contributed by atoms with Gasteiger partial charge < -0.3 is 10.3 Å². The lowest BCUT2D eigenvalue weighted by Crippen LogP contribution is -2.08. The standard InChI is InChI=1S/C13H18N2/c1-3-6-12(14)11-9-15(2)13-8-5-4-7-10(11)13/h4-5,7-9,12H,3,6,14H2,1-2H3/t12-/m0/s1. The van der Waals surface area contributed by atoms with Crippen LogP contribution < -0.4 is 5.73 Å². The van der Waals surface area contributed by atoms with Crippen molar-refractivity contribution in [3.63, 3.8) is 0 Å². The summed E-state index contributed by atoms with van der Waals surface area (Å²) in [6.07, 6.45) is 4.34. The van der Waals surface area contributed by atoms with E-state index in [-0.39, 0.29) is 6.04 Å². The van der Waals surface area contributed by atoms with Gasteiger partial charge in [-0.25, -0.2) is 0 Å². The molecular formula is C13H18N2. The lowest BCUT2D eigenvalue weighted by molar-refractivity contribution is 0.640. The quantitative estimate of drug-likeness (QED) is 0.815. The Balaban J connectivity index is 2.52. The van der Waals surface area contributed by atoms with Crippen molar-refractivity contribution < 1.29 is 0 Å². The fourth-order valence-corrected chi connectivity index (χ4v) is 2.14. The van der Waals surface area contributed by atoms with E-state index in [1.165, 1.54) is 16.5 Å². The molecule has 2 nitrogen and oxygen atoms in total. The van der Waals surface area contributed by atoms with Gasteiger partial charge in [0.05, 0.1) is 0 Å². The van der Waals surface area contributed by atoms with Gasteiger partial charge in [-0.05, 0) is 18.1 Å². The summed E-state index contributed by atoms with van der Waals surface area (Å²) in [5.41, 5.74) is 8.71. The molecule has 0 saturated heterocycles. The molecule has 0 unspecified atom stereocenters. The van der Waals surface area contributed by atoms with Gasteiger partial charge in [-0.1, -0.05) is 31.5 Å². The number of para-hydroxylation sites is 1. The van der Waals surface area contributed by atoms with Gasteiger partial charge in [-0.3, -0.25) is 0 Å². The smallest absolute Gasteiger partial charge is 0.0481 e. The molecule has 0 radical (unpaired) electrons. The highest BCUT2D eigenvalue weighted by molar-refractivity contribution is 5.84. The van der Waals surface area contributed by atoms with Crippen molar-refractivity contribution in [3.8, 4) is 0 Å². The molecule has 2 N–H and O–H groups in total. The van der Waals surface area contributed by atoms with Crippen molar-refractivity contribution in [1.29, 1.82) is 0 Å². The molecule has 2 rings (SSSR count). The average molecular weight is 202 g/mol. The van der Waals surface area contributed by atoms with E-state index in [1.807, 2.05) is 0 Å². The maximum atomic E-state index is 6.17. The van der Waals surface area contributed by atoms with Crippen LogP contribution in [0.5, 0.6) is 0 Å². The van der Waals surface area contributed by atoms with E-state index >= 15 is 0 Å². The van der Waals surface area contributed by atoms with Crippen molar-refractivity contribution in [3.05, 3.63) is 36.0 Å². The molecule has 0 spiro atoms. The SMILES string of the molecule is CCC[C@H](N)c1cn(C)c2ccccc12. The first-order valence-electron chi connectivity index (χ1n) is 5.53. The number of rotatable bonds is 3. The van der Waals surface area contributed by atoms with Gasteiger partial charge >= 0.3 is 0 Å². The summed E-state index contributed by atoms with van der Waals surface area (Å²) in [5, 5.41) is 1.29. The molecule has 0 bridgehead atoms. The maximum Gasteiger partial charge on any atom is 0.0481 e. The number of nitrogens with two attached hydrogens (primary N) is 1. The Bertz CT molecular complexity index is 457. The van der Waals surface area contributed by atoms with E-state index in [1.54, 1.807) is 0 Å². The molecule has 1 heterocycles. The first-order valence-corrected chi connectivity index (χ1v) is 5.53. The summed E-state index contributed by atoms with van der Waals surface area (Å²) >= 11 is 0. The third-order valence-corrected chi connectivity index (χ3v) is 2.93. The minimum absolute atomic E-state index is 0.168. The second kappa shape index (κ2) is 4.07. The van der Waals surface area contributed by atoms with Crippen LogP contribution in [-0.4, -0.2) is 4.57 Å². The molecule has 15 heavy (non-hydrogen) atoms. The summed E-state index contributed by atoms with van der Waals surface area (Å²) in [6.45, 7) is 2.17. The summed E-state index contributed by atoms with van der Waals surface area (Å²) in [4.78, 5) is 0. The zero-order chi connectivity index (χ0) is 10.8. The highest BCUT2D eigenvalue weighted by Crippen LogP contribution is 2.26. The van der Waals surface area contributed by atoms with Crippen LogP contribution in [0.15, 0.2) is 30.5 Å². The minimum atomic E-state index is 0.168. The lowest BCUT2D eigenvalue weighted by Gasteiger charge is -2.08. The first kappa shape index (κ1) is 10.2. The number of hydrogen-bond acceptors (Lipinski definition) is 1. The number of nitrogens with zero attached hydrogens (tertiary/aromatic N) is 1. The van der Waals surface area contributed by atoms with Gasteiger partial charge in [0.1, 0.15) is 0 Å². The lowest BCUT2D eigenvalue weighted by atomic mass is 10.0. The molecule has 0 aliphatic carbocycles. The van der Waals surface area contributed by atoms with Crippen LogP contribution in [0.3, 0.4) is 0 Å². The predicted octanol–water partition coefficient (Wildman–Crippen LogP) is 2.98. The molecule has 1 aromatic heterocycles. The molecule has 2 heteroatoms. The third-order valence-electron chi connectivity index (χ3n) is 2.93. The van der Waals surface area contributed by atoms with Gasteiger partial charge in [0, 0.05) is 30.2 Å². The normalized spacial score (nSPS) is 13.3. The molecule has 1 atom stereocenters. The summed E-state index contributed by atoms with van der Waals surface area (Å²) in [5.74, 6) is 0. The zero-order valence-electron chi connectivity index (χ0n) is 9.40. The topological polar surface area (TPSA) is 30.9 Å². The number of hydrogen-bond donors (Lipinski definition) is 1. The molecule has 0 aliphatic rings. The molecule has 0 aliphatic heterocycles. The largest absolute Gasteiger partial charge is 0.350 e. The summed E-state index contributed by atoms with van der Waals surface area (Å²) in [6, 6.07) is 8.60. The molecule has 2 aromatic rings. The Morgan fingerprint density at radius 1 is 1.33 bits per heavy atom.